The lowest BCUT2D eigenvalue weighted by Crippen LogP contribution is -1.98. The predicted molar refractivity (Wildman–Crippen MR) is 73.9 cm³/mol. The number of benzene rings is 1. The van der Waals surface area contributed by atoms with E-state index < -0.39 is 0 Å². The van der Waals surface area contributed by atoms with E-state index in [-0.39, 0.29) is 17.1 Å². The third-order valence-electron chi connectivity index (χ3n) is 2.23. The molecule has 4 nitrogen and oxygen atoms in total. The number of anilines is 1. The Kier molecular flexibility index (Phi) is 4.28. The molecule has 0 amide bonds. The van der Waals surface area contributed by atoms with Crippen LogP contribution >= 0.6 is 23.4 Å². The van der Waals surface area contributed by atoms with Crippen molar-refractivity contribution in [2.75, 3.05) is 11.5 Å². The van der Waals surface area contributed by atoms with Gasteiger partial charge < -0.3 is 10.8 Å². The monoisotopic (exact) mass is 281 g/mol. The molecule has 94 valence electrons. The zero-order valence-corrected chi connectivity index (χ0v) is 11.0. The van der Waals surface area contributed by atoms with Crippen molar-refractivity contribution in [3.05, 3.63) is 42.0 Å². The van der Waals surface area contributed by atoms with Gasteiger partial charge in [-0.2, -0.15) is 4.98 Å². The van der Waals surface area contributed by atoms with Gasteiger partial charge in [-0.05, 0) is 5.56 Å². The minimum atomic E-state index is -0.136. The highest BCUT2D eigenvalue weighted by Crippen LogP contribution is 2.28. The molecule has 0 aliphatic heterocycles. The number of hydrogen-bond acceptors (Lipinski definition) is 5. The molecule has 0 aliphatic rings. The van der Waals surface area contributed by atoms with Gasteiger partial charge in [-0.1, -0.05) is 42.1 Å². The first-order valence-corrected chi connectivity index (χ1v) is 6.72. The van der Waals surface area contributed by atoms with Gasteiger partial charge in [0.05, 0.1) is 5.38 Å². The highest BCUT2D eigenvalue weighted by molar-refractivity contribution is 7.99. The van der Waals surface area contributed by atoms with E-state index in [1.807, 2.05) is 30.3 Å². The Morgan fingerprint density at radius 3 is 2.67 bits per heavy atom. The van der Waals surface area contributed by atoms with Crippen LogP contribution in [0.4, 0.5) is 5.82 Å². The second kappa shape index (κ2) is 5.93. The summed E-state index contributed by atoms with van der Waals surface area (Å²) in [5.41, 5.74) is 6.56. The SMILES string of the molecule is Nc1cc(O)nc(SC[C@@H](Cl)c2ccccc2)n1. The fourth-order valence-corrected chi connectivity index (χ4v) is 2.55. The lowest BCUT2D eigenvalue weighted by atomic mass is 10.2. The molecule has 18 heavy (non-hydrogen) atoms. The van der Waals surface area contributed by atoms with Gasteiger partial charge >= 0.3 is 0 Å². The van der Waals surface area contributed by atoms with Crippen LogP contribution in [0.15, 0.2) is 41.6 Å². The number of thioether (sulfide) groups is 1. The molecule has 1 atom stereocenters. The summed E-state index contributed by atoms with van der Waals surface area (Å²) in [4.78, 5) is 7.88. The van der Waals surface area contributed by atoms with Gasteiger partial charge in [-0.15, -0.1) is 11.6 Å². The van der Waals surface area contributed by atoms with Crippen LogP contribution in [0.2, 0.25) is 0 Å². The van der Waals surface area contributed by atoms with Crippen LogP contribution < -0.4 is 5.73 Å². The Morgan fingerprint density at radius 2 is 2.00 bits per heavy atom. The van der Waals surface area contributed by atoms with Gasteiger partial charge in [0.15, 0.2) is 5.16 Å². The molecule has 0 radical (unpaired) electrons. The van der Waals surface area contributed by atoms with Gasteiger partial charge in [-0.3, -0.25) is 0 Å². The number of halogens is 1. The number of nitrogens with two attached hydrogens (primary N) is 1. The number of rotatable bonds is 4. The lowest BCUT2D eigenvalue weighted by Gasteiger charge is -2.08. The molecule has 0 bridgehead atoms. The second-order valence-corrected chi connectivity index (χ2v) is 5.14. The molecule has 0 unspecified atom stereocenters. The maximum atomic E-state index is 9.30. The Morgan fingerprint density at radius 1 is 1.28 bits per heavy atom. The smallest absolute Gasteiger partial charge is 0.216 e. The number of nitrogens with zero attached hydrogens (tertiary/aromatic N) is 2. The Hall–Kier alpha value is -1.46. The van der Waals surface area contributed by atoms with E-state index in [9.17, 15) is 5.11 Å². The van der Waals surface area contributed by atoms with Crippen molar-refractivity contribution < 1.29 is 5.11 Å². The van der Waals surface area contributed by atoms with E-state index in [0.717, 1.165) is 5.56 Å². The standard InChI is InChI=1S/C12H12ClN3OS/c13-9(8-4-2-1-3-5-8)7-18-12-15-10(14)6-11(17)16-12/h1-6,9H,7H2,(H3,14,15,16,17)/t9-/m1/s1. The minimum Gasteiger partial charge on any atom is -0.493 e. The largest absolute Gasteiger partial charge is 0.493 e. The fraction of sp³-hybridized carbons (Fsp3) is 0.167. The first kappa shape index (κ1) is 13.0. The minimum absolute atomic E-state index is 0.129. The highest BCUT2D eigenvalue weighted by atomic mass is 35.5. The first-order chi connectivity index (χ1) is 8.65. The molecule has 0 fully saturated rings. The highest BCUT2D eigenvalue weighted by Gasteiger charge is 2.10. The summed E-state index contributed by atoms with van der Waals surface area (Å²) in [6, 6.07) is 11.1. The zero-order valence-electron chi connectivity index (χ0n) is 9.45. The summed E-state index contributed by atoms with van der Waals surface area (Å²) in [6.45, 7) is 0. The topological polar surface area (TPSA) is 72.0 Å². The molecule has 1 aromatic carbocycles. The summed E-state index contributed by atoms with van der Waals surface area (Å²) in [6.07, 6.45) is 0. The van der Waals surface area contributed by atoms with E-state index in [2.05, 4.69) is 9.97 Å². The Bertz CT molecular complexity index is 504. The van der Waals surface area contributed by atoms with Crippen LogP contribution in [-0.4, -0.2) is 20.8 Å². The summed E-state index contributed by atoms with van der Waals surface area (Å²) >= 11 is 7.62. The van der Waals surface area contributed by atoms with E-state index >= 15 is 0 Å². The van der Waals surface area contributed by atoms with Crippen molar-refractivity contribution in [2.24, 2.45) is 0 Å². The van der Waals surface area contributed by atoms with Gasteiger partial charge in [0.2, 0.25) is 5.88 Å². The maximum absolute atomic E-state index is 9.30. The molecule has 6 heteroatoms. The lowest BCUT2D eigenvalue weighted by molar-refractivity contribution is 0.446. The normalized spacial score (nSPS) is 12.3. The Labute approximate surface area is 114 Å². The first-order valence-electron chi connectivity index (χ1n) is 5.30. The fourth-order valence-electron chi connectivity index (χ4n) is 1.40. The van der Waals surface area contributed by atoms with Crippen LogP contribution in [0, 0.1) is 0 Å². The van der Waals surface area contributed by atoms with Crippen molar-refractivity contribution in [2.45, 2.75) is 10.5 Å². The van der Waals surface area contributed by atoms with Crippen molar-refractivity contribution in [1.29, 1.82) is 0 Å². The van der Waals surface area contributed by atoms with Gasteiger partial charge in [0.25, 0.3) is 0 Å². The van der Waals surface area contributed by atoms with E-state index in [0.29, 0.717) is 10.9 Å². The molecule has 3 N–H and O–H groups in total. The number of nitrogen functional groups attached to an aromatic ring is 1. The maximum Gasteiger partial charge on any atom is 0.216 e. The molecule has 0 saturated heterocycles. The average Bonchev–Trinajstić information content (AvgIpc) is 2.36. The molecular formula is C12H12ClN3OS. The third kappa shape index (κ3) is 3.51. The quantitative estimate of drug-likeness (QED) is 0.512. The third-order valence-corrected chi connectivity index (χ3v) is 3.76. The number of hydrogen-bond donors (Lipinski definition) is 2. The van der Waals surface area contributed by atoms with Crippen LogP contribution in [0.1, 0.15) is 10.9 Å². The average molecular weight is 282 g/mol. The Balaban J connectivity index is 1.99. The van der Waals surface area contributed by atoms with Crippen LogP contribution in [0.5, 0.6) is 5.88 Å². The number of aromatic hydroxyl groups is 1. The number of alkyl halides is 1. The van der Waals surface area contributed by atoms with Gasteiger partial charge in [-0.25, -0.2) is 4.98 Å². The molecule has 2 aromatic rings. The molecule has 2 rings (SSSR count). The van der Waals surface area contributed by atoms with Gasteiger partial charge in [0, 0.05) is 11.8 Å². The summed E-state index contributed by atoms with van der Waals surface area (Å²) in [5, 5.41) is 9.59. The summed E-state index contributed by atoms with van der Waals surface area (Å²) in [5.74, 6) is 0.723. The van der Waals surface area contributed by atoms with Crippen LogP contribution in [0.25, 0.3) is 0 Å². The second-order valence-electron chi connectivity index (χ2n) is 3.62. The van der Waals surface area contributed by atoms with Crippen molar-refractivity contribution in [3.63, 3.8) is 0 Å². The predicted octanol–water partition coefficient (Wildman–Crippen LogP) is 2.84. The van der Waals surface area contributed by atoms with E-state index in [1.54, 1.807) is 0 Å². The van der Waals surface area contributed by atoms with E-state index in [1.165, 1.54) is 17.8 Å². The number of aromatic nitrogens is 2. The van der Waals surface area contributed by atoms with Crippen molar-refractivity contribution >= 4 is 29.2 Å². The van der Waals surface area contributed by atoms with E-state index in [4.69, 9.17) is 17.3 Å². The molecule has 0 spiro atoms. The van der Waals surface area contributed by atoms with Gasteiger partial charge in [0.1, 0.15) is 5.82 Å². The summed E-state index contributed by atoms with van der Waals surface area (Å²) < 4.78 is 0. The van der Waals surface area contributed by atoms with Crippen molar-refractivity contribution in [1.82, 2.24) is 9.97 Å². The summed E-state index contributed by atoms with van der Waals surface area (Å²) in [7, 11) is 0. The molecule has 1 aromatic heterocycles. The molecule has 1 heterocycles. The van der Waals surface area contributed by atoms with Crippen LogP contribution in [0.3, 0.4) is 0 Å². The molecule has 0 saturated carbocycles. The zero-order chi connectivity index (χ0) is 13.0. The van der Waals surface area contributed by atoms with Crippen molar-refractivity contribution in [3.8, 4) is 5.88 Å². The molecule has 0 aliphatic carbocycles. The molecular weight excluding hydrogens is 270 g/mol. The van der Waals surface area contributed by atoms with Crippen LogP contribution in [-0.2, 0) is 0 Å².